The van der Waals surface area contributed by atoms with Crippen LogP contribution in [0.5, 0.6) is 0 Å². The van der Waals surface area contributed by atoms with Crippen LogP contribution in [0, 0.1) is 0 Å². The van der Waals surface area contributed by atoms with Gasteiger partial charge < -0.3 is 19.9 Å². The van der Waals surface area contributed by atoms with Crippen LogP contribution in [-0.4, -0.2) is 36.5 Å². The predicted octanol–water partition coefficient (Wildman–Crippen LogP) is 0.489. The lowest BCUT2D eigenvalue weighted by Gasteiger charge is -2.23. The Morgan fingerprint density at radius 1 is 1.40 bits per heavy atom. The number of rotatable bonds is 8. The molecule has 3 N–H and O–H groups in total. The minimum atomic E-state index is -3.43. The normalized spacial score (nSPS) is 13.8. The number of carbonyl (C=O) groups is 1. The summed E-state index contributed by atoms with van der Waals surface area (Å²) < 4.78 is 22.0. The van der Waals surface area contributed by atoms with Crippen LogP contribution in [0.15, 0.2) is 0 Å². The van der Waals surface area contributed by atoms with E-state index in [1.807, 2.05) is 0 Å². The first-order chi connectivity index (χ1) is 7.00. The van der Waals surface area contributed by atoms with Crippen molar-refractivity contribution in [3.63, 3.8) is 0 Å². The summed E-state index contributed by atoms with van der Waals surface area (Å²) in [5.41, 5.74) is 4.10. The van der Waals surface area contributed by atoms with Crippen LogP contribution >= 0.6 is 7.60 Å². The van der Waals surface area contributed by atoms with Gasteiger partial charge in [-0.2, -0.15) is 0 Å². The third-order valence-electron chi connectivity index (χ3n) is 1.71. The topological polar surface area (TPSA) is 98.8 Å². The molecule has 0 aromatic heterocycles. The number of aliphatic hydroxyl groups excluding tert-OH is 1. The second kappa shape index (κ2) is 6.95. The molecule has 0 bridgehead atoms. The molecule has 15 heavy (non-hydrogen) atoms. The van der Waals surface area contributed by atoms with Crippen LogP contribution in [0.3, 0.4) is 0 Å². The van der Waals surface area contributed by atoms with Crippen LogP contribution in [0.1, 0.15) is 20.3 Å². The van der Waals surface area contributed by atoms with Crippen molar-refractivity contribution in [2.45, 2.75) is 25.9 Å². The third-order valence-corrected chi connectivity index (χ3v) is 4.19. The number of aliphatic hydroxyl groups is 1. The quantitative estimate of drug-likeness (QED) is 0.600. The molecule has 0 aromatic carbocycles. The molecule has 0 aliphatic rings. The molecular formula is C8H18NO5P. The third kappa shape index (κ3) is 4.75. The molecule has 6 nitrogen and oxygen atoms in total. The van der Waals surface area contributed by atoms with Crippen molar-refractivity contribution in [1.29, 1.82) is 0 Å². The van der Waals surface area contributed by atoms with Gasteiger partial charge in [-0.05, 0) is 13.8 Å². The fourth-order valence-electron chi connectivity index (χ4n) is 1.12. The van der Waals surface area contributed by atoms with Gasteiger partial charge >= 0.3 is 7.60 Å². The second-order valence-corrected chi connectivity index (χ2v) is 5.21. The molecule has 0 spiro atoms. The van der Waals surface area contributed by atoms with E-state index in [2.05, 4.69) is 0 Å². The largest absolute Gasteiger partial charge is 0.395 e. The molecule has 0 aromatic rings. The van der Waals surface area contributed by atoms with Crippen molar-refractivity contribution in [3.8, 4) is 0 Å². The van der Waals surface area contributed by atoms with E-state index in [4.69, 9.17) is 19.9 Å². The Labute approximate surface area is 89.3 Å². The predicted molar refractivity (Wildman–Crippen MR) is 55.5 cm³/mol. The standard InChI is InChI=1S/C8H18NO5P/c1-3-13-15(12,14-4-2)7(6-10)5-8(9)11/h7,10H,3-6H2,1-2H3,(H2,9,11). The molecule has 0 fully saturated rings. The number of carbonyl (C=O) groups excluding carboxylic acids is 1. The number of hydrogen-bond acceptors (Lipinski definition) is 5. The molecule has 0 heterocycles. The van der Waals surface area contributed by atoms with Gasteiger partial charge in [-0.1, -0.05) is 0 Å². The summed E-state index contributed by atoms with van der Waals surface area (Å²) in [5.74, 6) is -0.645. The summed E-state index contributed by atoms with van der Waals surface area (Å²) in [4.78, 5) is 10.7. The molecule has 0 saturated carbocycles. The summed E-state index contributed by atoms with van der Waals surface area (Å²) in [6.45, 7) is 3.23. The highest BCUT2D eigenvalue weighted by Gasteiger charge is 2.36. The van der Waals surface area contributed by atoms with Crippen molar-refractivity contribution in [2.24, 2.45) is 5.73 Å². The summed E-state index contributed by atoms with van der Waals surface area (Å²) in [6.07, 6.45) is -0.215. The van der Waals surface area contributed by atoms with E-state index in [-0.39, 0.29) is 19.6 Å². The van der Waals surface area contributed by atoms with Crippen LogP contribution in [0.25, 0.3) is 0 Å². The van der Waals surface area contributed by atoms with Crippen molar-refractivity contribution in [3.05, 3.63) is 0 Å². The Hall–Kier alpha value is -0.420. The van der Waals surface area contributed by atoms with E-state index in [1.54, 1.807) is 13.8 Å². The fourth-order valence-corrected chi connectivity index (χ4v) is 2.94. The fraction of sp³-hybridized carbons (Fsp3) is 0.875. The first kappa shape index (κ1) is 14.6. The van der Waals surface area contributed by atoms with Gasteiger partial charge in [0.25, 0.3) is 0 Å². The summed E-state index contributed by atoms with van der Waals surface area (Å²) >= 11 is 0. The van der Waals surface area contributed by atoms with Crippen LogP contribution < -0.4 is 5.73 Å². The SMILES string of the molecule is CCOP(=O)(OCC)C(CO)CC(N)=O. The van der Waals surface area contributed by atoms with Crippen molar-refractivity contribution >= 4 is 13.5 Å². The molecule has 1 atom stereocenters. The van der Waals surface area contributed by atoms with Gasteiger partial charge in [0.2, 0.25) is 5.91 Å². The van der Waals surface area contributed by atoms with E-state index in [0.717, 1.165) is 0 Å². The molecule has 1 amide bonds. The highest BCUT2D eigenvalue weighted by molar-refractivity contribution is 7.54. The van der Waals surface area contributed by atoms with Crippen molar-refractivity contribution in [1.82, 2.24) is 0 Å². The highest BCUT2D eigenvalue weighted by atomic mass is 31.2. The van der Waals surface area contributed by atoms with Gasteiger partial charge in [0.1, 0.15) is 0 Å². The summed E-state index contributed by atoms with van der Waals surface area (Å²) in [5, 5.41) is 9.02. The first-order valence-electron chi connectivity index (χ1n) is 4.78. The maximum absolute atomic E-state index is 12.1. The highest BCUT2D eigenvalue weighted by Crippen LogP contribution is 2.53. The minimum Gasteiger partial charge on any atom is -0.395 e. The number of nitrogens with two attached hydrogens (primary N) is 1. The molecule has 7 heteroatoms. The maximum Gasteiger partial charge on any atom is 0.336 e. The van der Waals surface area contributed by atoms with Crippen LogP contribution in [0.4, 0.5) is 0 Å². The van der Waals surface area contributed by atoms with Crippen molar-refractivity contribution in [2.75, 3.05) is 19.8 Å². The van der Waals surface area contributed by atoms with Crippen LogP contribution in [0.2, 0.25) is 0 Å². The Bertz CT molecular complexity index is 235. The Morgan fingerprint density at radius 2 is 1.87 bits per heavy atom. The Kier molecular flexibility index (Phi) is 6.76. The molecule has 0 rings (SSSR count). The molecule has 0 saturated heterocycles. The average Bonchev–Trinajstić information content (AvgIpc) is 2.14. The van der Waals surface area contributed by atoms with E-state index >= 15 is 0 Å². The van der Waals surface area contributed by atoms with Gasteiger partial charge in [0.15, 0.2) is 0 Å². The average molecular weight is 239 g/mol. The summed E-state index contributed by atoms with van der Waals surface area (Å²) in [7, 11) is -3.43. The molecule has 0 aliphatic heterocycles. The van der Waals surface area contributed by atoms with Gasteiger partial charge in [0, 0.05) is 6.42 Å². The molecular weight excluding hydrogens is 221 g/mol. The van der Waals surface area contributed by atoms with Gasteiger partial charge in [-0.25, -0.2) is 0 Å². The van der Waals surface area contributed by atoms with Crippen molar-refractivity contribution < 1.29 is 23.5 Å². The van der Waals surface area contributed by atoms with Gasteiger partial charge in [-0.15, -0.1) is 0 Å². The lowest BCUT2D eigenvalue weighted by Crippen LogP contribution is -2.25. The first-order valence-corrected chi connectivity index (χ1v) is 6.39. The monoisotopic (exact) mass is 239 g/mol. The Balaban J connectivity index is 4.68. The lowest BCUT2D eigenvalue weighted by atomic mass is 10.3. The minimum absolute atomic E-state index is 0.187. The summed E-state index contributed by atoms with van der Waals surface area (Å²) in [6, 6.07) is 0. The zero-order chi connectivity index (χ0) is 11.9. The zero-order valence-electron chi connectivity index (χ0n) is 9.01. The van der Waals surface area contributed by atoms with E-state index in [1.165, 1.54) is 0 Å². The number of amides is 1. The van der Waals surface area contributed by atoms with Crippen LogP contribution in [-0.2, 0) is 18.4 Å². The van der Waals surface area contributed by atoms with E-state index in [0.29, 0.717) is 0 Å². The molecule has 1 unspecified atom stereocenters. The van der Waals surface area contributed by atoms with E-state index < -0.39 is 25.8 Å². The lowest BCUT2D eigenvalue weighted by molar-refractivity contribution is -0.118. The zero-order valence-corrected chi connectivity index (χ0v) is 9.90. The molecule has 0 aliphatic carbocycles. The molecule has 90 valence electrons. The second-order valence-electron chi connectivity index (χ2n) is 2.88. The van der Waals surface area contributed by atoms with Gasteiger partial charge in [0.05, 0.1) is 25.5 Å². The van der Waals surface area contributed by atoms with Gasteiger partial charge in [-0.3, -0.25) is 9.36 Å². The Morgan fingerprint density at radius 3 is 2.13 bits per heavy atom. The number of hydrogen-bond donors (Lipinski definition) is 2. The molecule has 0 radical (unpaired) electrons. The maximum atomic E-state index is 12.1. The smallest absolute Gasteiger partial charge is 0.336 e. The number of primary amides is 1. The van der Waals surface area contributed by atoms with E-state index in [9.17, 15) is 9.36 Å².